The highest BCUT2D eigenvalue weighted by Gasteiger charge is 2.39. The van der Waals surface area contributed by atoms with Crippen LogP contribution < -0.4 is 10.1 Å². The highest BCUT2D eigenvalue weighted by molar-refractivity contribution is 6.36. The quantitative estimate of drug-likeness (QED) is 0.464. The minimum absolute atomic E-state index is 0.0472. The molecule has 6 nitrogen and oxygen atoms in total. The van der Waals surface area contributed by atoms with Gasteiger partial charge in [0.15, 0.2) is 0 Å². The van der Waals surface area contributed by atoms with Crippen molar-refractivity contribution in [2.24, 2.45) is 0 Å². The fraction of sp³-hybridized carbons (Fsp3) is 0.200. The Hall–Kier alpha value is -3.51. The van der Waals surface area contributed by atoms with E-state index in [1.807, 2.05) is 19.9 Å². The number of imide groups is 1. The molecule has 2 aromatic carbocycles. The summed E-state index contributed by atoms with van der Waals surface area (Å²) in [4.78, 5) is 27.9. The van der Waals surface area contributed by atoms with Crippen LogP contribution >= 0.6 is 11.6 Å². The van der Waals surface area contributed by atoms with Crippen LogP contribution in [0, 0.1) is 6.92 Å². The molecule has 7 heteroatoms. The second-order valence-electron chi connectivity index (χ2n) is 7.44. The molecule has 0 spiro atoms. The largest absolute Gasteiger partial charge is 0.494 e. The molecule has 0 aliphatic carbocycles. The van der Waals surface area contributed by atoms with Crippen molar-refractivity contribution in [2.45, 2.75) is 26.8 Å². The van der Waals surface area contributed by atoms with Crippen molar-refractivity contribution in [3.05, 3.63) is 88.5 Å². The molecule has 0 fully saturated rings. The van der Waals surface area contributed by atoms with Gasteiger partial charge in [-0.1, -0.05) is 36.7 Å². The lowest BCUT2D eigenvalue weighted by Gasteiger charge is -2.14. The molecule has 0 radical (unpaired) electrons. The lowest BCUT2D eigenvalue weighted by Crippen LogP contribution is -2.31. The Bertz CT molecular complexity index is 1170. The average Bonchev–Trinajstić information content (AvgIpc) is 3.39. The minimum atomic E-state index is -0.424. The third kappa shape index (κ3) is 4.27. The summed E-state index contributed by atoms with van der Waals surface area (Å²) < 4.78 is 11.0. The number of carbonyl (C=O) groups is 2. The summed E-state index contributed by atoms with van der Waals surface area (Å²) in [7, 11) is 0. The zero-order chi connectivity index (χ0) is 22.7. The number of nitrogens with zero attached hydrogens (tertiary/aromatic N) is 1. The van der Waals surface area contributed by atoms with Crippen LogP contribution in [0.25, 0.3) is 5.57 Å². The molecule has 0 unspecified atom stereocenters. The highest BCUT2D eigenvalue weighted by Crippen LogP contribution is 2.34. The molecule has 1 aliphatic heterocycles. The van der Waals surface area contributed by atoms with E-state index >= 15 is 0 Å². The summed E-state index contributed by atoms with van der Waals surface area (Å²) in [6.45, 7) is 4.54. The first-order chi connectivity index (χ1) is 15.5. The van der Waals surface area contributed by atoms with Crippen LogP contribution in [0.3, 0.4) is 0 Å². The summed E-state index contributed by atoms with van der Waals surface area (Å²) in [6.07, 6.45) is 2.41. The van der Waals surface area contributed by atoms with Gasteiger partial charge in [0.05, 0.1) is 25.0 Å². The molecular formula is C25H23ClN2O4. The first-order valence-electron chi connectivity index (χ1n) is 10.4. The smallest absolute Gasteiger partial charge is 0.278 e. The third-order valence-electron chi connectivity index (χ3n) is 5.21. The van der Waals surface area contributed by atoms with Gasteiger partial charge in [-0.2, -0.15) is 0 Å². The van der Waals surface area contributed by atoms with Gasteiger partial charge in [-0.3, -0.25) is 14.5 Å². The van der Waals surface area contributed by atoms with Crippen LogP contribution in [0.5, 0.6) is 5.75 Å². The number of hydrogen-bond acceptors (Lipinski definition) is 5. The van der Waals surface area contributed by atoms with Gasteiger partial charge in [-0.05, 0) is 60.9 Å². The molecule has 1 N–H and O–H groups in total. The number of carbonyl (C=O) groups excluding carboxylic acids is 2. The Kier molecular flexibility index (Phi) is 6.32. The van der Waals surface area contributed by atoms with E-state index in [9.17, 15) is 9.59 Å². The van der Waals surface area contributed by atoms with Gasteiger partial charge in [-0.25, -0.2) is 0 Å². The first-order valence-corrected chi connectivity index (χ1v) is 10.8. The molecule has 0 saturated carbocycles. The molecule has 32 heavy (non-hydrogen) atoms. The van der Waals surface area contributed by atoms with E-state index in [1.165, 1.54) is 11.2 Å². The van der Waals surface area contributed by atoms with E-state index in [0.29, 0.717) is 40.0 Å². The first kappa shape index (κ1) is 21.7. The van der Waals surface area contributed by atoms with Crippen molar-refractivity contribution in [3.8, 4) is 5.75 Å². The molecule has 1 aliphatic rings. The lowest BCUT2D eigenvalue weighted by atomic mass is 10.0. The van der Waals surface area contributed by atoms with E-state index in [1.54, 1.807) is 48.5 Å². The normalized spacial score (nSPS) is 13.8. The van der Waals surface area contributed by atoms with Crippen molar-refractivity contribution in [2.75, 3.05) is 11.9 Å². The highest BCUT2D eigenvalue weighted by atomic mass is 35.5. The van der Waals surface area contributed by atoms with Crippen molar-refractivity contribution < 1.29 is 18.7 Å². The Morgan fingerprint density at radius 1 is 1.03 bits per heavy atom. The second-order valence-corrected chi connectivity index (χ2v) is 7.84. The summed E-state index contributed by atoms with van der Waals surface area (Å²) in [6, 6.07) is 16.0. The number of furan rings is 1. The monoisotopic (exact) mass is 450 g/mol. The number of amides is 2. The number of benzene rings is 2. The fourth-order valence-corrected chi connectivity index (χ4v) is 3.65. The minimum Gasteiger partial charge on any atom is -0.494 e. The average molecular weight is 451 g/mol. The molecule has 4 rings (SSSR count). The van der Waals surface area contributed by atoms with Crippen LogP contribution in [-0.2, 0) is 16.1 Å². The van der Waals surface area contributed by atoms with Crippen LogP contribution in [0.2, 0.25) is 5.02 Å². The number of halogens is 1. The van der Waals surface area contributed by atoms with Crippen LogP contribution in [0.15, 0.2) is 71.0 Å². The lowest BCUT2D eigenvalue weighted by molar-refractivity contribution is -0.137. The summed E-state index contributed by atoms with van der Waals surface area (Å²) in [5.41, 5.74) is 2.57. The van der Waals surface area contributed by atoms with Crippen LogP contribution in [-0.4, -0.2) is 23.3 Å². The zero-order valence-corrected chi connectivity index (χ0v) is 18.6. The van der Waals surface area contributed by atoms with Gasteiger partial charge in [0.25, 0.3) is 11.8 Å². The SMILES string of the molecule is CCCOc1ccc(C2=C(Nc3cccc(Cl)c3C)C(=O)N(Cc3ccco3)C2=O)cc1. The van der Waals surface area contributed by atoms with E-state index in [2.05, 4.69) is 5.32 Å². The number of hydrogen-bond donors (Lipinski definition) is 1. The number of anilines is 1. The van der Waals surface area contributed by atoms with Gasteiger partial charge < -0.3 is 14.5 Å². The van der Waals surface area contributed by atoms with E-state index in [4.69, 9.17) is 20.8 Å². The van der Waals surface area contributed by atoms with E-state index in [-0.39, 0.29) is 12.2 Å². The van der Waals surface area contributed by atoms with Crippen molar-refractivity contribution >= 4 is 34.7 Å². The van der Waals surface area contributed by atoms with Gasteiger partial charge >= 0.3 is 0 Å². The molecule has 1 aromatic heterocycles. The predicted molar refractivity (Wildman–Crippen MR) is 123 cm³/mol. The van der Waals surface area contributed by atoms with Crippen molar-refractivity contribution in [3.63, 3.8) is 0 Å². The maximum absolute atomic E-state index is 13.4. The topological polar surface area (TPSA) is 71.8 Å². The zero-order valence-electron chi connectivity index (χ0n) is 17.9. The summed E-state index contributed by atoms with van der Waals surface area (Å²) in [5, 5.41) is 3.73. The van der Waals surface area contributed by atoms with Gasteiger partial charge in [0.1, 0.15) is 17.2 Å². The maximum Gasteiger partial charge on any atom is 0.278 e. The Balaban J connectivity index is 1.73. The molecule has 2 amide bonds. The molecule has 3 aromatic rings. The molecule has 0 atom stereocenters. The molecule has 164 valence electrons. The second kappa shape index (κ2) is 9.32. The summed E-state index contributed by atoms with van der Waals surface area (Å²) in [5.74, 6) is 0.415. The molecule has 0 bridgehead atoms. The molecule has 2 heterocycles. The molecular weight excluding hydrogens is 428 g/mol. The Morgan fingerprint density at radius 2 is 1.81 bits per heavy atom. The van der Waals surface area contributed by atoms with E-state index < -0.39 is 11.8 Å². The fourth-order valence-electron chi connectivity index (χ4n) is 3.48. The molecule has 0 saturated heterocycles. The summed E-state index contributed by atoms with van der Waals surface area (Å²) >= 11 is 6.26. The number of rotatable bonds is 8. The van der Waals surface area contributed by atoms with Crippen LogP contribution in [0.1, 0.15) is 30.2 Å². The number of ether oxygens (including phenoxy) is 1. The van der Waals surface area contributed by atoms with Gasteiger partial charge in [-0.15, -0.1) is 0 Å². The van der Waals surface area contributed by atoms with E-state index in [0.717, 1.165) is 12.0 Å². The van der Waals surface area contributed by atoms with Gasteiger partial charge in [0.2, 0.25) is 0 Å². The number of nitrogens with one attached hydrogen (secondary N) is 1. The Morgan fingerprint density at radius 3 is 2.50 bits per heavy atom. The maximum atomic E-state index is 13.4. The predicted octanol–water partition coefficient (Wildman–Crippen LogP) is 5.42. The van der Waals surface area contributed by atoms with Crippen molar-refractivity contribution in [1.29, 1.82) is 0 Å². The van der Waals surface area contributed by atoms with Gasteiger partial charge in [0, 0.05) is 10.7 Å². The third-order valence-corrected chi connectivity index (χ3v) is 5.61. The standard InChI is InChI=1S/C25H23ClN2O4/c1-3-13-31-18-11-9-17(10-12-18)22-23(27-21-8-4-7-20(26)16(21)2)25(30)28(24(22)29)15-19-6-5-14-32-19/h4-12,14,27H,3,13,15H2,1-2H3. The van der Waals surface area contributed by atoms with Crippen molar-refractivity contribution in [1.82, 2.24) is 4.90 Å². The van der Waals surface area contributed by atoms with Crippen LogP contribution in [0.4, 0.5) is 5.69 Å². The Labute approximate surface area is 191 Å².